The summed E-state index contributed by atoms with van der Waals surface area (Å²) in [5.74, 6) is 0.600. The number of hydrogen-bond donors (Lipinski definition) is 1. The van der Waals surface area contributed by atoms with Crippen LogP contribution in [0.1, 0.15) is 19.6 Å². The number of rotatable bonds is 1. The van der Waals surface area contributed by atoms with Crippen molar-refractivity contribution >= 4 is 0 Å². The molecule has 1 rings (SSSR count). The molecule has 1 N–H and O–H groups in total. The van der Waals surface area contributed by atoms with Gasteiger partial charge in [0.05, 0.1) is 6.26 Å². The van der Waals surface area contributed by atoms with Crippen LogP contribution in [0, 0.1) is 0 Å². The highest BCUT2D eigenvalue weighted by Gasteiger charge is 2.17. The molecule has 0 unspecified atom stereocenters. The van der Waals surface area contributed by atoms with Gasteiger partial charge in [0, 0.05) is 0 Å². The Kier molecular flexibility index (Phi) is 1.33. The lowest BCUT2D eigenvalue weighted by molar-refractivity contribution is 0.0541. The van der Waals surface area contributed by atoms with E-state index < -0.39 is 5.60 Å². The Bertz CT molecular complexity index is 169. The number of furan rings is 1. The molecule has 0 aliphatic carbocycles. The maximum atomic E-state index is 9.28. The molecule has 50 valence electrons. The van der Waals surface area contributed by atoms with E-state index in [0.717, 1.165) is 0 Å². The molecule has 0 atom stereocenters. The van der Waals surface area contributed by atoms with E-state index in [9.17, 15) is 5.11 Å². The first-order valence-corrected chi connectivity index (χ1v) is 2.87. The molecular weight excluding hydrogens is 116 g/mol. The van der Waals surface area contributed by atoms with Crippen LogP contribution in [-0.2, 0) is 5.60 Å². The van der Waals surface area contributed by atoms with E-state index in [0.29, 0.717) is 5.76 Å². The zero-order valence-electron chi connectivity index (χ0n) is 5.59. The van der Waals surface area contributed by atoms with Crippen molar-refractivity contribution in [3.63, 3.8) is 0 Å². The fourth-order valence-corrected chi connectivity index (χ4v) is 0.627. The van der Waals surface area contributed by atoms with Crippen LogP contribution in [0.4, 0.5) is 0 Å². The van der Waals surface area contributed by atoms with Crippen LogP contribution in [0.25, 0.3) is 0 Å². The topological polar surface area (TPSA) is 33.4 Å². The van der Waals surface area contributed by atoms with E-state index >= 15 is 0 Å². The van der Waals surface area contributed by atoms with Gasteiger partial charge in [-0.1, -0.05) is 0 Å². The molecule has 0 saturated heterocycles. The van der Waals surface area contributed by atoms with Crippen LogP contribution in [0.15, 0.2) is 22.8 Å². The smallest absolute Gasteiger partial charge is 0.134 e. The molecular formula is C7H10O2. The van der Waals surface area contributed by atoms with Gasteiger partial charge in [-0.15, -0.1) is 0 Å². The summed E-state index contributed by atoms with van der Waals surface area (Å²) in [5, 5.41) is 9.28. The summed E-state index contributed by atoms with van der Waals surface area (Å²) in [4.78, 5) is 0. The van der Waals surface area contributed by atoms with Gasteiger partial charge in [-0.3, -0.25) is 0 Å². The summed E-state index contributed by atoms with van der Waals surface area (Å²) < 4.78 is 4.95. The molecule has 2 nitrogen and oxygen atoms in total. The van der Waals surface area contributed by atoms with Crippen LogP contribution < -0.4 is 0 Å². The Balaban J connectivity index is 2.90. The lowest BCUT2D eigenvalue weighted by atomic mass is 10.1. The molecule has 1 aromatic heterocycles. The van der Waals surface area contributed by atoms with E-state index in [1.165, 1.54) is 0 Å². The Morgan fingerprint density at radius 2 is 2.22 bits per heavy atom. The molecule has 0 radical (unpaired) electrons. The standard InChI is InChI=1S/C7H10O2/c1-7(2,8)6-4-3-5-9-6/h3-5,8H,1-2H3. The molecule has 2 heteroatoms. The average Bonchev–Trinajstić information content (AvgIpc) is 2.08. The summed E-state index contributed by atoms with van der Waals surface area (Å²) in [7, 11) is 0. The summed E-state index contributed by atoms with van der Waals surface area (Å²) in [6, 6.07) is 3.51. The third kappa shape index (κ3) is 1.33. The van der Waals surface area contributed by atoms with Gasteiger partial charge < -0.3 is 9.52 Å². The first kappa shape index (κ1) is 6.36. The van der Waals surface area contributed by atoms with Crippen LogP contribution in [0.2, 0.25) is 0 Å². The predicted octanol–water partition coefficient (Wildman–Crippen LogP) is 1.51. The van der Waals surface area contributed by atoms with Crippen molar-refractivity contribution < 1.29 is 9.52 Å². The van der Waals surface area contributed by atoms with Crippen molar-refractivity contribution in [2.24, 2.45) is 0 Å². The molecule has 9 heavy (non-hydrogen) atoms. The van der Waals surface area contributed by atoms with Gasteiger partial charge >= 0.3 is 0 Å². The molecule has 0 aliphatic heterocycles. The Morgan fingerprint density at radius 1 is 1.56 bits per heavy atom. The summed E-state index contributed by atoms with van der Waals surface area (Å²) in [6.07, 6.45) is 1.55. The third-order valence-corrected chi connectivity index (χ3v) is 1.12. The van der Waals surface area contributed by atoms with Gasteiger partial charge in [-0.25, -0.2) is 0 Å². The van der Waals surface area contributed by atoms with Gasteiger partial charge in [0.15, 0.2) is 0 Å². The Labute approximate surface area is 54.1 Å². The fourth-order valence-electron chi connectivity index (χ4n) is 0.627. The van der Waals surface area contributed by atoms with Gasteiger partial charge in [-0.2, -0.15) is 0 Å². The van der Waals surface area contributed by atoms with E-state index in [4.69, 9.17) is 4.42 Å². The molecule has 0 bridgehead atoms. The molecule has 1 heterocycles. The molecule has 0 spiro atoms. The second kappa shape index (κ2) is 1.88. The van der Waals surface area contributed by atoms with Crippen molar-refractivity contribution in [1.29, 1.82) is 0 Å². The SMILES string of the molecule is CC(C)(O)c1ccco1. The van der Waals surface area contributed by atoms with E-state index in [2.05, 4.69) is 0 Å². The van der Waals surface area contributed by atoms with E-state index in [1.807, 2.05) is 0 Å². The van der Waals surface area contributed by atoms with Crippen LogP contribution >= 0.6 is 0 Å². The average molecular weight is 126 g/mol. The normalized spacial score (nSPS) is 11.9. The van der Waals surface area contributed by atoms with Crippen LogP contribution in [-0.4, -0.2) is 5.11 Å². The summed E-state index contributed by atoms with van der Waals surface area (Å²) in [5.41, 5.74) is -0.844. The van der Waals surface area contributed by atoms with Crippen molar-refractivity contribution in [2.75, 3.05) is 0 Å². The van der Waals surface area contributed by atoms with E-state index in [1.54, 1.807) is 32.2 Å². The zero-order valence-corrected chi connectivity index (χ0v) is 5.59. The first-order chi connectivity index (χ1) is 4.11. The highest BCUT2D eigenvalue weighted by Crippen LogP contribution is 2.18. The maximum absolute atomic E-state index is 9.28. The van der Waals surface area contributed by atoms with Crippen molar-refractivity contribution in [1.82, 2.24) is 0 Å². The largest absolute Gasteiger partial charge is 0.466 e. The fraction of sp³-hybridized carbons (Fsp3) is 0.429. The van der Waals surface area contributed by atoms with Crippen molar-refractivity contribution in [3.05, 3.63) is 24.2 Å². The predicted molar refractivity (Wildman–Crippen MR) is 34.0 cm³/mol. The van der Waals surface area contributed by atoms with Gasteiger partial charge in [0.2, 0.25) is 0 Å². The minimum absolute atomic E-state index is 0.600. The molecule has 0 aromatic carbocycles. The van der Waals surface area contributed by atoms with Gasteiger partial charge in [0.1, 0.15) is 11.4 Å². The van der Waals surface area contributed by atoms with E-state index in [-0.39, 0.29) is 0 Å². The molecule has 0 fully saturated rings. The first-order valence-electron chi connectivity index (χ1n) is 2.87. The minimum atomic E-state index is -0.844. The van der Waals surface area contributed by atoms with Gasteiger partial charge in [-0.05, 0) is 26.0 Å². The molecule has 1 aromatic rings. The Hall–Kier alpha value is -0.760. The highest BCUT2D eigenvalue weighted by molar-refractivity contribution is 5.05. The lowest BCUT2D eigenvalue weighted by Gasteiger charge is -2.12. The summed E-state index contributed by atoms with van der Waals surface area (Å²) in [6.45, 7) is 3.37. The van der Waals surface area contributed by atoms with Crippen molar-refractivity contribution in [2.45, 2.75) is 19.4 Å². The molecule has 0 saturated carbocycles. The monoisotopic (exact) mass is 126 g/mol. The third-order valence-electron chi connectivity index (χ3n) is 1.12. The lowest BCUT2D eigenvalue weighted by Crippen LogP contribution is -2.13. The zero-order chi connectivity index (χ0) is 6.91. The molecule has 0 aliphatic rings. The van der Waals surface area contributed by atoms with Crippen LogP contribution in [0.5, 0.6) is 0 Å². The maximum Gasteiger partial charge on any atom is 0.134 e. The molecule has 0 amide bonds. The number of aliphatic hydroxyl groups is 1. The minimum Gasteiger partial charge on any atom is -0.466 e. The quantitative estimate of drug-likeness (QED) is 0.618. The highest BCUT2D eigenvalue weighted by atomic mass is 16.4. The second-order valence-electron chi connectivity index (χ2n) is 2.54. The van der Waals surface area contributed by atoms with Crippen molar-refractivity contribution in [3.8, 4) is 0 Å². The number of hydrogen-bond acceptors (Lipinski definition) is 2. The van der Waals surface area contributed by atoms with Gasteiger partial charge in [0.25, 0.3) is 0 Å². The Morgan fingerprint density at radius 3 is 2.44 bits per heavy atom. The van der Waals surface area contributed by atoms with Crippen LogP contribution in [0.3, 0.4) is 0 Å². The second-order valence-corrected chi connectivity index (χ2v) is 2.54. The summed E-state index contributed by atoms with van der Waals surface area (Å²) >= 11 is 0.